The summed E-state index contributed by atoms with van der Waals surface area (Å²) in [7, 11) is -0.153. The lowest BCUT2D eigenvalue weighted by molar-refractivity contribution is -0.130. The molecule has 32 heavy (non-hydrogen) atoms. The summed E-state index contributed by atoms with van der Waals surface area (Å²) in [6.45, 7) is -3.59. The second-order valence-corrected chi connectivity index (χ2v) is 8.62. The molecule has 0 aliphatic carbocycles. The fourth-order valence-corrected chi connectivity index (χ4v) is 4.66. The molecule has 1 aliphatic heterocycles. The van der Waals surface area contributed by atoms with Crippen LogP contribution >= 0.6 is 0 Å². The van der Waals surface area contributed by atoms with Gasteiger partial charge in [0.15, 0.2) is 11.5 Å². The molecule has 0 radical (unpaired) electrons. The number of sulfonamides is 1. The van der Waals surface area contributed by atoms with Crippen LogP contribution in [0.4, 0.5) is 8.78 Å². The van der Waals surface area contributed by atoms with Crippen LogP contribution in [-0.2, 0) is 21.4 Å². The van der Waals surface area contributed by atoms with E-state index >= 15 is 0 Å². The highest BCUT2D eigenvalue weighted by molar-refractivity contribution is 7.90. The fourth-order valence-electron chi connectivity index (χ4n) is 3.14. The molecule has 0 saturated carbocycles. The Hall–Kier alpha value is -3.41. The summed E-state index contributed by atoms with van der Waals surface area (Å²) in [5.41, 5.74) is 0.476. The maximum atomic E-state index is 12.9. The number of amides is 2. The molecular formula is C20H20F2N2O7S. The minimum absolute atomic E-state index is 0.0323. The van der Waals surface area contributed by atoms with Crippen molar-refractivity contribution in [2.75, 3.05) is 27.8 Å². The number of halogens is 2. The number of likely N-dealkylation sites (N-methyl/N-ethyl adjacent to an activating group) is 1. The van der Waals surface area contributed by atoms with Crippen LogP contribution in [0.15, 0.2) is 41.3 Å². The van der Waals surface area contributed by atoms with E-state index in [0.29, 0.717) is 9.87 Å². The summed E-state index contributed by atoms with van der Waals surface area (Å²) >= 11 is 0. The van der Waals surface area contributed by atoms with Gasteiger partial charge in [-0.05, 0) is 23.8 Å². The van der Waals surface area contributed by atoms with E-state index in [1.54, 1.807) is 0 Å². The zero-order chi connectivity index (χ0) is 23.6. The fraction of sp³-hybridized carbons (Fsp3) is 0.300. The predicted octanol–water partition coefficient (Wildman–Crippen LogP) is 2.11. The summed E-state index contributed by atoms with van der Waals surface area (Å²) in [5, 5.41) is 0. The van der Waals surface area contributed by atoms with E-state index in [0.717, 1.165) is 0 Å². The summed E-state index contributed by atoms with van der Waals surface area (Å²) in [5.74, 6) is -1.21. The van der Waals surface area contributed by atoms with Gasteiger partial charge in [0.2, 0.25) is 5.91 Å². The number of alkyl halides is 2. The third-order valence-electron chi connectivity index (χ3n) is 4.78. The third kappa shape index (κ3) is 4.44. The van der Waals surface area contributed by atoms with E-state index in [2.05, 4.69) is 4.74 Å². The Morgan fingerprint density at radius 3 is 2.25 bits per heavy atom. The quantitative estimate of drug-likeness (QED) is 0.582. The molecule has 2 aromatic carbocycles. The second kappa shape index (κ2) is 8.99. The number of carbonyl (C=O) groups is 2. The van der Waals surface area contributed by atoms with Crippen molar-refractivity contribution in [3.63, 3.8) is 0 Å². The number of ether oxygens (including phenoxy) is 3. The SMILES string of the molecule is COc1cc2c(cc1OC)S(=O)(=O)N(CC(=O)N(C)Cc1ccc(OC(F)F)cc1)C2=O. The molecule has 1 aliphatic rings. The van der Waals surface area contributed by atoms with E-state index in [1.807, 2.05) is 0 Å². The first-order chi connectivity index (χ1) is 15.1. The van der Waals surface area contributed by atoms with Gasteiger partial charge in [-0.25, -0.2) is 12.7 Å². The average molecular weight is 470 g/mol. The second-order valence-electron chi connectivity index (χ2n) is 6.79. The Kier molecular flexibility index (Phi) is 6.53. The van der Waals surface area contributed by atoms with Crippen LogP contribution in [0.5, 0.6) is 17.2 Å². The zero-order valence-corrected chi connectivity index (χ0v) is 18.2. The van der Waals surface area contributed by atoms with Crippen LogP contribution in [0.3, 0.4) is 0 Å². The Morgan fingerprint density at radius 1 is 1.09 bits per heavy atom. The number of fused-ring (bicyclic) bond motifs is 1. The number of nitrogens with zero attached hydrogens (tertiary/aromatic N) is 2. The van der Waals surface area contributed by atoms with Crippen LogP contribution in [0.2, 0.25) is 0 Å². The monoisotopic (exact) mass is 470 g/mol. The lowest BCUT2D eigenvalue weighted by atomic mass is 10.2. The van der Waals surface area contributed by atoms with Crippen molar-refractivity contribution in [1.82, 2.24) is 9.21 Å². The maximum Gasteiger partial charge on any atom is 0.387 e. The van der Waals surface area contributed by atoms with Crippen molar-refractivity contribution in [2.45, 2.75) is 18.1 Å². The Morgan fingerprint density at radius 2 is 1.69 bits per heavy atom. The molecule has 0 saturated heterocycles. The van der Waals surface area contributed by atoms with Crippen molar-refractivity contribution in [3.8, 4) is 17.2 Å². The standard InChI is InChI=1S/C20H20F2N2O7S/c1-23(10-12-4-6-13(7-5-12)31-20(21)22)18(25)11-24-19(26)14-8-15(29-2)16(30-3)9-17(14)32(24,27)28/h4-9,20H,10-11H2,1-3H3. The number of benzene rings is 2. The molecule has 2 aromatic rings. The number of carbonyl (C=O) groups excluding carboxylic acids is 2. The molecule has 1 heterocycles. The summed E-state index contributed by atoms with van der Waals surface area (Å²) in [6.07, 6.45) is 0. The number of hydrogen-bond donors (Lipinski definition) is 0. The van der Waals surface area contributed by atoms with Crippen LogP contribution in [0, 0.1) is 0 Å². The normalized spacial score (nSPS) is 14.3. The molecule has 2 amide bonds. The highest BCUT2D eigenvalue weighted by Gasteiger charge is 2.43. The van der Waals surface area contributed by atoms with E-state index in [1.165, 1.54) is 62.6 Å². The lowest BCUT2D eigenvalue weighted by Gasteiger charge is -2.21. The largest absolute Gasteiger partial charge is 0.493 e. The average Bonchev–Trinajstić information content (AvgIpc) is 2.93. The third-order valence-corrected chi connectivity index (χ3v) is 6.55. The van der Waals surface area contributed by atoms with Gasteiger partial charge in [0.05, 0.1) is 19.8 Å². The smallest absolute Gasteiger partial charge is 0.387 e. The van der Waals surface area contributed by atoms with Gasteiger partial charge < -0.3 is 19.1 Å². The number of methoxy groups -OCH3 is 2. The highest BCUT2D eigenvalue weighted by Crippen LogP contribution is 2.38. The van der Waals surface area contributed by atoms with Crippen LogP contribution < -0.4 is 14.2 Å². The molecule has 0 N–H and O–H groups in total. The van der Waals surface area contributed by atoms with E-state index in [4.69, 9.17) is 9.47 Å². The Bertz CT molecular complexity index is 1140. The Balaban J connectivity index is 1.74. The molecule has 3 rings (SSSR count). The molecule has 0 atom stereocenters. The van der Waals surface area contributed by atoms with Crippen molar-refractivity contribution < 1.29 is 41.0 Å². The van der Waals surface area contributed by atoms with Gasteiger partial charge in [-0.1, -0.05) is 12.1 Å². The topological polar surface area (TPSA) is 102 Å². The Labute approximate surface area is 183 Å². The molecule has 9 nitrogen and oxygen atoms in total. The van der Waals surface area contributed by atoms with E-state index < -0.39 is 35.0 Å². The number of hydrogen-bond acceptors (Lipinski definition) is 7. The van der Waals surface area contributed by atoms with Crippen molar-refractivity contribution in [3.05, 3.63) is 47.5 Å². The summed E-state index contributed by atoms with van der Waals surface area (Å²) in [6, 6.07) is 8.07. The first-order valence-electron chi connectivity index (χ1n) is 9.19. The predicted molar refractivity (Wildman–Crippen MR) is 107 cm³/mol. The van der Waals surface area contributed by atoms with Crippen LogP contribution in [0.25, 0.3) is 0 Å². The van der Waals surface area contributed by atoms with Gasteiger partial charge in [-0.3, -0.25) is 9.59 Å². The van der Waals surface area contributed by atoms with Crippen LogP contribution in [0.1, 0.15) is 15.9 Å². The first-order valence-corrected chi connectivity index (χ1v) is 10.6. The van der Waals surface area contributed by atoms with E-state index in [-0.39, 0.29) is 34.3 Å². The molecule has 0 aromatic heterocycles. The van der Waals surface area contributed by atoms with Crippen molar-refractivity contribution >= 4 is 21.8 Å². The minimum Gasteiger partial charge on any atom is -0.493 e. The summed E-state index contributed by atoms with van der Waals surface area (Å²) < 4.78 is 65.2. The van der Waals surface area contributed by atoms with Crippen molar-refractivity contribution in [1.29, 1.82) is 0 Å². The van der Waals surface area contributed by atoms with Gasteiger partial charge in [-0.2, -0.15) is 8.78 Å². The minimum atomic E-state index is -4.26. The molecular weight excluding hydrogens is 450 g/mol. The molecule has 0 bridgehead atoms. The molecule has 12 heteroatoms. The maximum absolute atomic E-state index is 12.9. The van der Waals surface area contributed by atoms with E-state index in [9.17, 15) is 26.8 Å². The van der Waals surface area contributed by atoms with Crippen LogP contribution in [-0.4, -0.2) is 63.9 Å². The highest BCUT2D eigenvalue weighted by atomic mass is 32.2. The summed E-state index contributed by atoms with van der Waals surface area (Å²) in [4.78, 5) is 26.3. The van der Waals surface area contributed by atoms with Gasteiger partial charge in [0.1, 0.15) is 17.2 Å². The molecule has 0 unspecified atom stereocenters. The van der Waals surface area contributed by atoms with Crippen molar-refractivity contribution in [2.24, 2.45) is 0 Å². The first kappa shape index (κ1) is 23.3. The molecule has 0 spiro atoms. The molecule has 172 valence electrons. The zero-order valence-electron chi connectivity index (χ0n) is 17.4. The van der Waals surface area contributed by atoms with Gasteiger partial charge >= 0.3 is 6.61 Å². The van der Waals surface area contributed by atoms with Gasteiger partial charge in [0.25, 0.3) is 15.9 Å². The van der Waals surface area contributed by atoms with Gasteiger partial charge in [0, 0.05) is 19.7 Å². The van der Waals surface area contributed by atoms with Gasteiger partial charge in [-0.15, -0.1) is 0 Å². The lowest BCUT2D eigenvalue weighted by Crippen LogP contribution is -2.40. The number of rotatable bonds is 8. The molecule has 0 fully saturated rings.